The molecule has 1 N–H and O–H groups in total. The number of aromatic nitrogens is 1. The lowest BCUT2D eigenvalue weighted by Crippen LogP contribution is -2.39. The zero-order chi connectivity index (χ0) is 15.5. The Morgan fingerprint density at radius 2 is 2.12 bits per heavy atom. The molecule has 1 aromatic heterocycles. The number of amides is 1. The molecule has 0 aromatic carbocycles. The number of nitrogens with one attached hydrogen (secondary N) is 1. The molecule has 0 aliphatic carbocycles. The van der Waals surface area contributed by atoms with Crippen LogP contribution >= 0.6 is 36.2 Å². The summed E-state index contributed by atoms with van der Waals surface area (Å²) >= 11 is 1.81. The minimum Gasteiger partial charge on any atom is -0.342 e. The van der Waals surface area contributed by atoms with Gasteiger partial charge in [-0.3, -0.25) is 4.79 Å². The zero-order valence-corrected chi connectivity index (χ0v) is 17.0. The SMILES string of the molecule is Cc1nc(C2CCCN(C(=O)CCC3CCNC3)C2)sc1C.Cl.Cl. The van der Waals surface area contributed by atoms with Gasteiger partial charge in [-0.15, -0.1) is 36.2 Å². The molecule has 2 aliphatic rings. The number of carbonyl (C=O) groups excluding carboxylic acids is 1. The van der Waals surface area contributed by atoms with E-state index in [1.165, 1.54) is 22.7 Å². The van der Waals surface area contributed by atoms with Crippen molar-refractivity contribution < 1.29 is 4.79 Å². The number of rotatable bonds is 4. The van der Waals surface area contributed by atoms with E-state index in [9.17, 15) is 4.79 Å². The average molecular weight is 394 g/mol. The minimum absolute atomic E-state index is 0. The highest BCUT2D eigenvalue weighted by atomic mass is 35.5. The van der Waals surface area contributed by atoms with E-state index in [0.717, 1.165) is 51.1 Å². The van der Waals surface area contributed by atoms with Gasteiger partial charge in [0.25, 0.3) is 0 Å². The van der Waals surface area contributed by atoms with Gasteiger partial charge >= 0.3 is 0 Å². The van der Waals surface area contributed by atoms with E-state index < -0.39 is 0 Å². The molecule has 4 nitrogen and oxygen atoms in total. The van der Waals surface area contributed by atoms with Gasteiger partial charge in [-0.2, -0.15) is 0 Å². The summed E-state index contributed by atoms with van der Waals surface area (Å²) in [5.74, 6) is 1.50. The summed E-state index contributed by atoms with van der Waals surface area (Å²) in [5, 5.41) is 4.61. The first-order valence-electron chi connectivity index (χ1n) is 8.56. The number of piperidine rings is 1. The second kappa shape index (κ2) is 9.95. The van der Waals surface area contributed by atoms with Gasteiger partial charge in [0, 0.05) is 30.3 Å². The second-order valence-electron chi connectivity index (χ2n) is 6.77. The molecular formula is C17H29Cl2N3OS. The summed E-state index contributed by atoms with van der Waals surface area (Å²) in [6, 6.07) is 0. The number of nitrogens with zero attached hydrogens (tertiary/aromatic N) is 2. The minimum atomic E-state index is 0. The Bertz CT molecular complexity index is 512. The van der Waals surface area contributed by atoms with Crippen molar-refractivity contribution in [1.82, 2.24) is 15.2 Å². The third kappa shape index (κ3) is 5.32. The van der Waals surface area contributed by atoms with E-state index >= 15 is 0 Å². The van der Waals surface area contributed by atoms with Gasteiger partial charge < -0.3 is 10.2 Å². The van der Waals surface area contributed by atoms with Crippen molar-refractivity contribution in [2.75, 3.05) is 26.2 Å². The van der Waals surface area contributed by atoms with Crippen LogP contribution < -0.4 is 5.32 Å². The van der Waals surface area contributed by atoms with Crippen molar-refractivity contribution in [3.05, 3.63) is 15.6 Å². The molecule has 3 rings (SSSR count). The maximum Gasteiger partial charge on any atom is 0.222 e. The standard InChI is InChI=1S/C17H27N3OS.2ClH/c1-12-13(2)22-17(19-12)15-4-3-9-20(11-15)16(21)6-5-14-7-8-18-10-14;;/h14-15,18H,3-11H2,1-2H3;2*1H. The highest BCUT2D eigenvalue weighted by molar-refractivity contribution is 7.11. The van der Waals surface area contributed by atoms with Crippen LogP contribution in [-0.2, 0) is 4.79 Å². The fraction of sp³-hybridized carbons (Fsp3) is 0.765. The van der Waals surface area contributed by atoms with E-state index in [0.29, 0.717) is 17.7 Å². The van der Waals surface area contributed by atoms with Crippen LogP contribution in [0.3, 0.4) is 0 Å². The third-order valence-corrected chi connectivity index (χ3v) is 6.33. The highest BCUT2D eigenvalue weighted by Crippen LogP contribution is 2.31. The van der Waals surface area contributed by atoms with Crippen LogP contribution in [0.25, 0.3) is 0 Å². The number of halogens is 2. The highest BCUT2D eigenvalue weighted by Gasteiger charge is 2.27. The quantitative estimate of drug-likeness (QED) is 0.847. The van der Waals surface area contributed by atoms with Gasteiger partial charge in [0.05, 0.1) is 10.7 Å². The molecule has 2 atom stereocenters. The number of thiazole rings is 1. The molecule has 3 heterocycles. The smallest absolute Gasteiger partial charge is 0.222 e. The first kappa shape index (κ1) is 21.7. The maximum atomic E-state index is 12.5. The molecule has 0 saturated carbocycles. The average Bonchev–Trinajstić information content (AvgIpc) is 3.16. The normalized spacial score (nSPS) is 23.5. The predicted octanol–water partition coefficient (Wildman–Crippen LogP) is 3.70. The molecule has 1 amide bonds. The van der Waals surface area contributed by atoms with Crippen LogP contribution in [-0.4, -0.2) is 42.0 Å². The molecule has 2 aliphatic heterocycles. The third-order valence-electron chi connectivity index (χ3n) is 5.10. The lowest BCUT2D eigenvalue weighted by molar-refractivity contribution is -0.132. The summed E-state index contributed by atoms with van der Waals surface area (Å²) in [5.41, 5.74) is 1.15. The second-order valence-corrected chi connectivity index (χ2v) is 8.00. The van der Waals surface area contributed by atoms with E-state index in [1.54, 1.807) is 0 Å². The molecule has 24 heavy (non-hydrogen) atoms. The van der Waals surface area contributed by atoms with Gasteiger partial charge in [-0.05, 0) is 58.5 Å². The Morgan fingerprint density at radius 3 is 2.75 bits per heavy atom. The van der Waals surface area contributed by atoms with Gasteiger partial charge in [-0.25, -0.2) is 4.98 Å². The summed E-state index contributed by atoms with van der Waals surface area (Å²) in [7, 11) is 0. The molecule has 7 heteroatoms. The summed E-state index contributed by atoms with van der Waals surface area (Å²) < 4.78 is 0. The summed E-state index contributed by atoms with van der Waals surface area (Å²) in [6.45, 7) is 8.23. The Balaban J connectivity index is 0.00000144. The lowest BCUT2D eigenvalue weighted by atomic mass is 9.97. The largest absolute Gasteiger partial charge is 0.342 e. The molecule has 2 saturated heterocycles. The molecule has 2 unspecified atom stereocenters. The van der Waals surface area contributed by atoms with Crippen molar-refractivity contribution in [2.45, 2.75) is 51.9 Å². The van der Waals surface area contributed by atoms with Crippen LogP contribution in [0.4, 0.5) is 0 Å². The number of aryl methyl sites for hydroxylation is 2. The lowest BCUT2D eigenvalue weighted by Gasteiger charge is -2.32. The van der Waals surface area contributed by atoms with E-state index in [1.807, 2.05) is 11.3 Å². The molecule has 0 spiro atoms. The summed E-state index contributed by atoms with van der Waals surface area (Å²) in [4.78, 5) is 20.6. The molecule has 2 fully saturated rings. The Labute approximate surface area is 161 Å². The fourth-order valence-electron chi connectivity index (χ4n) is 3.52. The number of hydrogen-bond acceptors (Lipinski definition) is 4. The summed E-state index contributed by atoms with van der Waals surface area (Å²) in [6.07, 6.45) is 5.27. The van der Waals surface area contributed by atoms with Gasteiger partial charge in [0.2, 0.25) is 5.91 Å². The van der Waals surface area contributed by atoms with Crippen LogP contribution in [0, 0.1) is 19.8 Å². The number of hydrogen-bond donors (Lipinski definition) is 1. The van der Waals surface area contributed by atoms with Gasteiger partial charge in [0.15, 0.2) is 0 Å². The van der Waals surface area contributed by atoms with Crippen LogP contribution in [0.15, 0.2) is 0 Å². The van der Waals surface area contributed by atoms with Gasteiger partial charge in [-0.1, -0.05) is 0 Å². The monoisotopic (exact) mass is 393 g/mol. The first-order chi connectivity index (χ1) is 10.6. The molecule has 0 radical (unpaired) electrons. The van der Waals surface area contributed by atoms with E-state index in [2.05, 4.69) is 24.1 Å². The predicted molar refractivity (Wildman–Crippen MR) is 105 cm³/mol. The number of likely N-dealkylation sites (tertiary alicyclic amines) is 1. The van der Waals surface area contributed by atoms with Crippen molar-refractivity contribution >= 4 is 42.1 Å². The Hall–Kier alpha value is -0.360. The zero-order valence-electron chi connectivity index (χ0n) is 14.5. The molecule has 138 valence electrons. The van der Waals surface area contributed by atoms with E-state index in [-0.39, 0.29) is 24.8 Å². The Morgan fingerprint density at radius 1 is 1.33 bits per heavy atom. The van der Waals surface area contributed by atoms with Crippen LogP contribution in [0.1, 0.15) is 53.6 Å². The Kier molecular flexibility index (Phi) is 8.99. The maximum absolute atomic E-state index is 12.5. The van der Waals surface area contributed by atoms with E-state index in [4.69, 9.17) is 4.98 Å². The van der Waals surface area contributed by atoms with Crippen LogP contribution in [0.5, 0.6) is 0 Å². The number of carbonyl (C=O) groups is 1. The fourth-order valence-corrected chi connectivity index (χ4v) is 4.57. The molecule has 0 bridgehead atoms. The molecule has 1 aromatic rings. The van der Waals surface area contributed by atoms with Crippen molar-refractivity contribution in [1.29, 1.82) is 0 Å². The topological polar surface area (TPSA) is 45.2 Å². The van der Waals surface area contributed by atoms with Crippen molar-refractivity contribution in [2.24, 2.45) is 5.92 Å². The van der Waals surface area contributed by atoms with Gasteiger partial charge in [0.1, 0.15) is 0 Å². The first-order valence-corrected chi connectivity index (χ1v) is 9.37. The van der Waals surface area contributed by atoms with Crippen molar-refractivity contribution in [3.8, 4) is 0 Å². The van der Waals surface area contributed by atoms with Crippen LogP contribution in [0.2, 0.25) is 0 Å². The van der Waals surface area contributed by atoms with Crippen molar-refractivity contribution in [3.63, 3.8) is 0 Å². The molecular weight excluding hydrogens is 365 g/mol.